The number of hydrogen-bond acceptors (Lipinski definition) is 3. The second-order valence-corrected chi connectivity index (χ2v) is 15.6. The molecule has 0 radical (unpaired) electrons. The Morgan fingerprint density at radius 2 is 0.842 bits per heavy atom. The molecule has 11 rings (SSSR count). The zero-order chi connectivity index (χ0) is 37.7. The van der Waals surface area contributed by atoms with Gasteiger partial charge < -0.3 is 9.80 Å². The molecule has 0 unspecified atom stereocenters. The monoisotopic (exact) mass is 744 g/mol. The fraction of sp³-hybridized carbons (Fsp3) is 0. The Kier molecular flexibility index (Phi) is 8.12. The molecule has 10 aromatic carbocycles. The maximum Gasteiger partial charge on any atom is 0.0473 e. The third kappa shape index (κ3) is 5.75. The van der Waals surface area contributed by atoms with E-state index in [1.54, 1.807) is 0 Å². The van der Waals surface area contributed by atoms with E-state index in [-0.39, 0.29) is 0 Å². The van der Waals surface area contributed by atoms with E-state index in [2.05, 4.69) is 228 Å². The van der Waals surface area contributed by atoms with Crippen LogP contribution in [0.4, 0.5) is 34.1 Å². The van der Waals surface area contributed by atoms with E-state index >= 15 is 0 Å². The molecule has 0 spiro atoms. The van der Waals surface area contributed by atoms with E-state index < -0.39 is 0 Å². The third-order valence-electron chi connectivity index (χ3n) is 11.2. The van der Waals surface area contributed by atoms with Crippen LogP contribution in [0.5, 0.6) is 0 Å². The Hall–Kier alpha value is -7.07. The molecule has 1 aliphatic heterocycles. The maximum absolute atomic E-state index is 2.40. The van der Waals surface area contributed by atoms with Gasteiger partial charge in [-0.05, 0) is 122 Å². The second-order valence-electron chi connectivity index (χ2n) is 14.5. The standard InChI is InChI=1S/C54H36N2S/c1-5-17-38(18-6-1)52-47-32-30-44(55(40-20-7-2-8-21-40)41-22-9-3-10-23-41)35-49(47)46-26-15-27-50-53(46)54(52)48-33-31-45(36-51(48)57-50)56(42-24-11-4-12-25-42)43-29-28-37-16-13-14-19-39(37)34-43/h1-36H. The normalized spacial score (nSPS) is 11.8. The number of rotatable bonds is 7. The zero-order valence-corrected chi connectivity index (χ0v) is 31.9. The average Bonchev–Trinajstić information content (AvgIpc) is 3.28. The smallest absolute Gasteiger partial charge is 0.0473 e. The van der Waals surface area contributed by atoms with Crippen molar-refractivity contribution in [3.05, 3.63) is 218 Å². The van der Waals surface area contributed by atoms with Crippen LogP contribution in [-0.4, -0.2) is 0 Å². The second kappa shape index (κ2) is 13.9. The molecule has 2 nitrogen and oxygen atoms in total. The molecule has 0 aromatic heterocycles. The van der Waals surface area contributed by atoms with Crippen LogP contribution in [0, 0.1) is 0 Å². The lowest BCUT2D eigenvalue weighted by molar-refractivity contribution is 1.26. The van der Waals surface area contributed by atoms with Gasteiger partial charge in [0.2, 0.25) is 0 Å². The molecule has 0 N–H and O–H groups in total. The summed E-state index contributed by atoms with van der Waals surface area (Å²) in [5.74, 6) is 0. The highest BCUT2D eigenvalue weighted by Gasteiger charge is 2.27. The SMILES string of the molecule is c1ccc(-c2c3c4c(cccc4c4cc(N(c5ccccc5)c5ccccc5)ccc24)Sc2cc(N(c4ccccc4)c4ccc5ccccc5c4)ccc2-3)cc1. The van der Waals surface area contributed by atoms with E-state index in [9.17, 15) is 0 Å². The van der Waals surface area contributed by atoms with Crippen LogP contribution in [0.3, 0.4) is 0 Å². The predicted octanol–water partition coefficient (Wildman–Crippen LogP) is 15.9. The van der Waals surface area contributed by atoms with E-state index in [1.807, 2.05) is 11.8 Å². The van der Waals surface area contributed by atoms with Gasteiger partial charge in [0.15, 0.2) is 0 Å². The summed E-state index contributed by atoms with van der Waals surface area (Å²) < 4.78 is 0. The number of fused-ring (bicyclic) bond motifs is 5. The fourth-order valence-corrected chi connectivity index (χ4v) is 9.80. The molecule has 10 aromatic rings. The number of para-hydroxylation sites is 3. The summed E-state index contributed by atoms with van der Waals surface area (Å²) in [7, 11) is 0. The topological polar surface area (TPSA) is 6.48 Å². The van der Waals surface area contributed by atoms with E-state index in [0.717, 1.165) is 34.1 Å². The van der Waals surface area contributed by atoms with Crippen LogP contribution < -0.4 is 9.80 Å². The molecule has 0 saturated carbocycles. The minimum atomic E-state index is 1.13. The first-order valence-electron chi connectivity index (χ1n) is 19.4. The van der Waals surface area contributed by atoms with Gasteiger partial charge in [-0.15, -0.1) is 0 Å². The van der Waals surface area contributed by atoms with Gasteiger partial charge in [-0.3, -0.25) is 0 Å². The Morgan fingerprint density at radius 1 is 0.298 bits per heavy atom. The first-order valence-corrected chi connectivity index (χ1v) is 20.2. The number of anilines is 6. The van der Waals surface area contributed by atoms with Gasteiger partial charge in [0.05, 0.1) is 0 Å². The summed E-state index contributed by atoms with van der Waals surface area (Å²) in [4.78, 5) is 7.27. The van der Waals surface area contributed by atoms with Crippen molar-refractivity contribution in [2.45, 2.75) is 9.79 Å². The van der Waals surface area contributed by atoms with Crippen molar-refractivity contribution in [3.63, 3.8) is 0 Å². The van der Waals surface area contributed by atoms with Crippen molar-refractivity contribution >= 4 is 78.2 Å². The van der Waals surface area contributed by atoms with Crippen molar-refractivity contribution in [3.8, 4) is 22.3 Å². The molecular weight excluding hydrogens is 709 g/mol. The highest BCUT2D eigenvalue weighted by molar-refractivity contribution is 7.99. The minimum Gasteiger partial charge on any atom is -0.310 e. The lowest BCUT2D eigenvalue weighted by Crippen LogP contribution is -2.10. The van der Waals surface area contributed by atoms with Crippen LogP contribution in [-0.2, 0) is 0 Å². The Bertz CT molecular complexity index is 3050. The summed E-state index contributed by atoms with van der Waals surface area (Å²) in [5, 5.41) is 7.53. The Labute approximate surface area is 336 Å². The molecule has 0 saturated heterocycles. The lowest BCUT2D eigenvalue weighted by atomic mass is 9.84. The molecule has 57 heavy (non-hydrogen) atoms. The van der Waals surface area contributed by atoms with Crippen LogP contribution >= 0.6 is 11.8 Å². The minimum absolute atomic E-state index is 1.13. The first-order chi connectivity index (χ1) is 28.3. The molecule has 0 amide bonds. The van der Waals surface area contributed by atoms with Gasteiger partial charge in [0.25, 0.3) is 0 Å². The molecular formula is C54H36N2S. The molecule has 0 bridgehead atoms. The molecule has 268 valence electrons. The summed E-state index contributed by atoms with van der Waals surface area (Å²) >= 11 is 1.88. The van der Waals surface area contributed by atoms with Crippen LogP contribution in [0.15, 0.2) is 228 Å². The number of hydrogen-bond donors (Lipinski definition) is 0. The Morgan fingerprint density at radius 3 is 1.53 bits per heavy atom. The van der Waals surface area contributed by atoms with Gasteiger partial charge in [-0.2, -0.15) is 0 Å². The molecule has 0 atom stereocenters. The van der Waals surface area contributed by atoms with Crippen molar-refractivity contribution in [1.29, 1.82) is 0 Å². The summed E-state index contributed by atoms with van der Waals surface area (Å²) in [6.45, 7) is 0. The zero-order valence-electron chi connectivity index (χ0n) is 31.1. The maximum atomic E-state index is 2.40. The Balaban J connectivity index is 1.14. The summed E-state index contributed by atoms with van der Waals surface area (Å²) in [5.41, 5.74) is 11.8. The third-order valence-corrected chi connectivity index (χ3v) is 12.3. The molecule has 1 heterocycles. The molecule has 1 aliphatic rings. The molecule has 0 fully saturated rings. The first kappa shape index (κ1) is 33.3. The molecule has 3 heteroatoms. The highest BCUT2D eigenvalue weighted by atomic mass is 32.2. The summed E-state index contributed by atoms with van der Waals surface area (Å²) in [6.07, 6.45) is 0. The van der Waals surface area contributed by atoms with Crippen molar-refractivity contribution in [2.24, 2.45) is 0 Å². The van der Waals surface area contributed by atoms with Crippen molar-refractivity contribution in [1.82, 2.24) is 0 Å². The van der Waals surface area contributed by atoms with Crippen LogP contribution in [0.2, 0.25) is 0 Å². The van der Waals surface area contributed by atoms with Gasteiger partial charge in [0.1, 0.15) is 0 Å². The van der Waals surface area contributed by atoms with Crippen molar-refractivity contribution < 1.29 is 0 Å². The van der Waals surface area contributed by atoms with E-state index in [4.69, 9.17) is 0 Å². The van der Waals surface area contributed by atoms with Crippen LogP contribution in [0.25, 0.3) is 54.6 Å². The summed E-state index contributed by atoms with van der Waals surface area (Å²) in [6, 6.07) is 79.3. The predicted molar refractivity (Wildman–Crippen MR) is 243 cm³/mol. The van der Waals surface area contributed by atoms with Crippen LogP contribution in [0.1, 0.15) is 0 Å². The van der Waals surface area contributed by atoms with Gasteiger partial charge in [0, 0.05) is 54.9 Å². The number of benzene rings is 10. The van der Waals surface area contributed by atoms with Gasteiger partial charge >= 0.3 is 0 Å². The van der Waals surface area contributed by atoms with Gasteiger partial charge in [-0.25, -0.2) is 0 Å². The van der Waals surface area contributed by atoms with Crippen molar-refractivity contribution in [2.75, 3.05) is 9.80 Å². The largest absolute Gasteiger partial charge is 0.310 e. The van der Waals surface area contributed by atoms with Gasteiger partial charge in [-0.1, -0.05) is 151 Å². The quantitative estimate of drug-likeness (QED) is 0.150. The average molecular weight is 745 g/mol. The fourth-order valence-electron chi connectivity index (χ4n) is 8.65. The molecule has 0 aliphatic carbocycles. The van der Waals surface area contributed by atoms with E-state index in [0.29, 0.717) is 0 Å². The highest BCUT2D eigenvalue weighted by Crippen LogP contribution is 2.56. The lowest BCUT2D eigenvalue weighted by Gasteiger charge is -2.30. The van der Waals surface area contributed by atoms with E-state index in [1.165, 1.54) is 64.4 Å². The number of nitrogens with zero attached hydrogens (tertiary/aromatic N) is 2.